The second-order valence-corrected chi connectivity index (χ2v) is 6.77. The molecular weight excluding hydrogens is 348 g/mol. The predicted octanol–water partition coefficient (Wildman–Crippen LogP) is 3.54. The number of aromatic nitrogens is 2. The van der Waals surface area contributed by atoms with Gasteiger partial charge in [0.1, 0.15) is 5.69 Å². The fourth-order valence-electron chi connectivity index (χ4n) is 3.39. The molecule has 0 aliphatic carbocycles. The van der Waals surface area contributed by atoms with Gasteiger partial charge in [-0.05, 0) is 53.5 Å². The maximum atomic E-state index is 11.7. The Morgan fingerprint density at radius 3 is 2.44 bits per heavy atom. The van der Waals surface area contributed by atoms with Crippen LogP contribution < -0.4 is 15.1 Å². The normalized spacial score (nSPS) is 13.9. The van der Waals surface area contributed by atoms with Gasteiger partial charge in [-0.1, -0.05) is 0 Å². The van der Waals surface area contributed by atoms with Crippen molar-refractivity contribution in [2.24, 2.45) is 0 Å². The molecule has 140 valence electrons. The molecule has 0 amide bonds. The minimum atomic E-state index is -0.407. The highest BCUT2D eigenvalue weighted by Gasteiger charge is 2.30. The number of anilines is 4. The average Bonchev–Trinajstić information content (AvgIpc) is 3.33. The number of hydrogen-bond acceptors (Lipinski definition) is 8. The second-order valence-electron chi connectivity index (χ2n) is 6.77. The van der Waals surface area contributed by atoms with Crippen LogP contribution in [0.1, 0.15) is 12.8 Å². The summed E-state index contributed by atoms with van der Waals surface area (Å²) in [5, 5.41) is 22.7. The summed E-state index contributed by atoms with van der Waals surface area (Å²) in [7, 11) is 3.96. The number of hydrogen-bond donors (Lipinski definition) is 1. The van der Waals surface area contributed by atoms with Crippen LogP contribution in [0.2, 0.25) is 0 Å². The Morgan fingerprint density at radius 2 is 1.81 bits per heavy atom. The topological polar surface area (TPSA) is 101 Å². The van der Waals surface area contributed by atoms with Crippen LogP contribution in [0.25, 0.3) is 11.0 Å². The predicted molar refractivity (Wildman–Crippen MR) is 104 cm³/mol. The van der Waals surface area contributed by atoms with E-state index in [9.17, 15) is 10.1 Å². The molecular formula is C18H20N6O3. The number of rotatable bonds is 5. The van der Waals surface area contributed by atoms with E-state index in [2.05, 4.69) is 15.6 Å². The molecule has 2 heterocycles. The first-order valence-electron chi connectivity index (χ1n) is 8.77. The van der Waals surface area contributed by atoms with Crippen molar-refractivity contribution in [3.05, 3.63) is 40.4 Å². The van der Waals surface area contributed by atoms with Crippen LogP contribution in [0.4, 0.5) is 28.4 Å². The van der Waals surface area contributed by atoms with Crippen LogP contribution in [0, 0.1) is 10.1 Å². The first kappa shape index (κ1) is 17.1. The molecule has 1 aromatic heterocycles. The molecule has 1 N–H and O–H groups in total. The monoisotopic (exact) mass is 368 g/mol. The Kier molecular flexibility index (Phi) is 4.27. The Balaban J connectivity index is 1.79. The van der Waals surface area contributed by atoms with Crippen molar-refractivity contribution in [2.45, 2.75) is 12.8 Å². The van der Waals surface area contributed by atoms with Gasteiger partial charge in [0.2, 0.25) is 5.52 Å². The molecule has 0 unspecified atom stereocenters. The summed E-state index contributed by atoms with van der Waals surface area (Å²) in [6.45, 7) is 1.57. The molecule has 9 heteroatoms. The summed E-state index contributed by atoms with van der Waals surface area (Å²) >= 11 is 0. The van der Waals surface area contributed by atoms with Gasteiger partial charge in [-0.2, -0.15) is 0 Å². The van der Waals surface area contributed by atoms with Gasteiger partial charge < -0.3 is 15.1 Å². The summed E-state index contributed by atoms with van der Waals surface area (Å²) in [5.41, 5.74) is 3.57. The van der Waals surface area contributed by atoms with E-state index in [0.717, 1.165) is 37.3 Å². The third-order valence-electron chi connectivity index (χ3n) is 4.78. The highest BCUT2D eigenvalue weighted by Crippen LogP contribution is 2.41. The minimum absolute atomic E-state index is 0.0540. The molecule has 1 aliphatic heterocycles. The average molecular weight is 368 g/mol. The first-order chi connectivity index (χ1) is 13.0. The fourth-order valence-corrected chi connectivity index (χ4v) is 3.39. The van der Waals surface area contributed by atoms with E-state index < -0.39 is 4.92 Å². The number of nitro groups is 1. The van der Waals surface area contributed by atoms with Crippen molar-refractivity contribution in [3.8, 4) is 0 Å². The van der Waals surface area contributed by atoms with Gasteiger partial charge in [-0.25, -0.2) is 4.63 Å². The zero-order chi connectivity index (χ0) is 19.0. The van der Waals surface area contributed by atoms with E-state index in [4.69, 9.17) is 4.63 Å². The molecule has 3 aromatic rings. The maximum Gasteiger partial charge on any atom is 0.323 e. The molecule has 1 saturated heterocycles. The zero-order valence-electron chi connectivity index (χ0n) is 15.2. The Labute approximate surface area is 155 Å². The molecule has 1 fully saturated rings. The number of nitrogens with one attached hydrogen (secondary N) is 1. The van der Waals surface area contributed by atoms with Gasteiger partial charge in [0.05, 0.1) is 10.6 Å². The lowest BCUT2D eigenvalue weighted by atomic mass is 10.1. The van der Waals surface area contributed by atoms with Gasteiger partial charge >= 0.3 is 5.69 Å². The maximum absolute atomic E-state index is 11.7. The van der Waals surface area contributed by atoms with Crippen LogP contribution in [-0.2, 0) is 0 Å². The third-order valence-corrected chi connectivity index (χ3v) is 4.78. The lowest BCUT2D eigenvalue weighted by Crippen LogP contribution is -2.19. The van der Waals surface area contributed by atoms with Crippen LogP contribution >= 0.6 is 0 Å². The van der Waals surface area contributed by atoms with Gasteiger partial charge in [0.15, 0.2) is 5.52 Å². The summed E-state index contributed by atoms with van der Waals surface area (Å²) in [6, 6.07) is 9.66. The highest BCUT2D eigenvalue weighted by atomic mass is 16.6. The Bertz CT molecular complexity index is 977. The molecule has 9 nitrogen and oxygen atoms in total. The lowest BCUT2D eigenvalue weighted by molar-refractivity contribution is -0.382. The summed E-state index contributed by atoms with van der Waals surface area (Å²) < 4.78 is 4.83. The van der Waals surface area contributed by atoms with E-state index in [1.807, 2.05) is 48.2 Å². The van der Waals surface area contributed by atoms with Crippen molar-refractivity contribution < 1.29 is 9.55 Å². The molecule has 1 aliphatic rings. The van der Waals surface area contributed by atoms with Gasteiger partial charge in [0, 0.05) is 38.6 Å². The van der Waals surface area contributed by atoms with Crippen LogP contribution in [-0.4, -0.2) is 42.4 Å². The molecule has 4 rings (SSSR count). The van der Waals surface area contributed by atoms with Crippen LogP contribution in [0.3, 0.4) is 0 Å². The first-order valence-corrected chi connectivity index (χ1v) is 8.77. The van der Waals surface area contributed by atoms with E-state index in [-0.39, 0.29) is 11.2 Å². The van der Waals surface area contributed by atoms with E-state index in [1.165, 1.54) is 0 Å². The second kappa shape index (κ2) is 6.75. The van der Waals surface area contributed by atoms with Crippen molar-refractivity contribution >= 4 is 39.5 Å². The standard InChI is InChI=1S/C18H20N6O3/c1-22(2)13-7-5-12(6-8-13)19-14-11-15(23-9-3-4-10-23)18(24(25)26)17-16(14)20-27-21-17/h5-8,11,19H,3-4,9-10H2,1-2H3. The van der Waals surface area contributed by atoms with Gasteiger partial charge in [0.25, 0.3) is 0 Å². The molecule has 27 heavy (non-hydrogen) atoms. The lowest BCUT2D eigenvalue weighted by Gasteiger charge is -2.19. The number of nitro benzene ring substituents is 1. The van der Waals surface area contributed by atoms with Crippen LogP contribution in [0.15, 0.2) is 35.0 Å². The van der Waals surface area contributed by atoms with Crippen molar-refractivity contribution in [1.29, 1.82) is 0 Å². The largest absolute Gasteiger partial charge is 0.378 e. The fraction of sp³-hybridized carbons (Fsp3) is 0.333. The Hall–Kier alpha value is -3.36. The van der Waals surface area contributed by atoms with Gasteiger partial charge in [-0.3, -0.25) is 10.1 Å². The number of fused-ring (bicyclic) bond motifs is 1. The number of nitrogens with zero attached hydrogens (tertiary/aromatic N) is 5. The molecule has 0 spiro atoms. The summed E-state index contributed by atoms with van der Waals surface area (Å²) in [5.74, 6) is 0. The van der Waals surface area contributed by atoms with E-state index >= 15 is 0 Å². The zero-order valence-corrected chi connectivity index (χ0v) is 15.2. The summed E-state index contributed by atoms with van der Waals surface area (Å²) in [4.78, 5) is 15.3. The molecule has 0 bridgehead atoms. The quantitative estimate of drug-likeness (QED) is 0.539. The van der Waals surface area contributed by atoms with E-state index in [1.54, 1.807) is 6.07 Å². The highest BCUT2D eigenvalue weighted by molar-refractivity contribution is 6.00. The van der Waals surface area contributed by atoms with Crippen LogP contribution in [0.5, 0.6) is 0 Å². The third kappa shape index (κ3) is 3.12. The molecule has 2 aromatic carbocycles. The van der Waals surface area contributed by atoms with Crippen molar-refractivity contribution in [3.63, 3.8) is 0 Å². The molecule has 0 atom stereocenters. The Morgan fingerprint density at radius 1 is 1.15 bits per heavy atom. The molecule has 0 saturated carbocycles. The number of benzene rings is 2. The minimum Gasteiger partial charge on any atom is -0.378 e. The van der Waals surface area contributed by atoms with Crippen molar-refractivity contribution in [1.82, 2.24) is 10.3 Å². The summed E-state index contributed by atoms with van der Waals surface area (Å²) in [6.07, 6.45) is 2.03. The molecule has 0 radical (unpaired) electrons. The van der Waals surface area contributed by atoms with Gasteiger partial charge in [-0.15, -0.1) is 0 Å². The SMILES string of the molecule is CN(C)c1ccc(Nc2cc(N3CCCC3)c([N+](=O)[O-])c3nonc23)cc1. The van der Waals surface area contributed by atoms with E-state index in [0.29, 0.717) is 16.9 Å². The smallest absolute Gasteiger partial charge is 0.323 e. The van der Waals surface area contributed by atoms with Crippen molar-refractivity contribution in [2.75, 3.05) is 42.3 Å².